The number of hydrogen-bond acceptors (Lipinski definition) is 4. The topological polar surface area (TPSA) is 67.6 Å². The van der Waals surface area contributed by atoms with E-state index in [9.17, 15) is 4.79 Å². The Morgan fingerprint density at radius 1 is 1.47 bits per heavy atom. The summed E-state index contributed by atoms with van der Waals surface area (Å²) in [7, 11) is 0. The van der Waals surface area contributed by atoms with Crippen molar-refractivity contribution < 1.29 is 9.53 Å². The molecule has 0 spiro atoms. The van der Waals surface area contributed by atoms with Crippen molar-refractivity contribution in [3.63, 3.8) is 0 Å². The van der Waals surface area contributed by atoms with E-state index in [1.54, 1.807) is 6.92 Å². The SMILES string of the molecule is CCOC(CN)CCN1CCC(CNC(C)=O)CC1. The number of ether oxygens (including phenoxy) is 1. The van der Waals surface area contributed by atoms with Crippen molar-refractivity contribution in [3.05, 3.63) is 0 Å². The van der Waals surface area contributed by atoms with Gasteiger partial charge in [-0.25, -0.2) is 0 Å². The summed E-state index contributed by atoms with van der Waals surface area (Å²) in [6.45, 7) is 9.06. The molecule has 0 aromatic heterocycles. The number of likely N-dealkylation sites (tertiary alicyclic amines) is 1. The predicted molar refractivity (Wildman–Crippen MR) is 76.9 cm³/mol. The molecular weight excluding hydrogens is 242 g/mol. The summed E-state index contributed by atoms with van der Waals surface area (Å²) < 4.78 is 5.57. The molecule has 112 valence electrons. The zero-order valence-electron chi connectivity index (χ0n) is 12.4. The summed E-state index contributed by atoms with van der Waals surface area (Å²) in [6, 6.07) is 0. The van der Waals surface area contributed by atoms with Crippen LogP contribution in [0.2, 0.25) is 0 Å². The van der Waals surface area contributed by atoms with E-state index in [0.717, 1.165) is 39.2 Å². The molecule has 1 atom stereocenters. The number of nitrogens with zero attached hydrogens (tertiary/aromatic N) is 1. The molecule has 19 heavy (non-hydrogen) atoms. The van der Waals surface area contributed by atoms with Crippen molar-refractivity contribution in [3.8, 4) is 0 Å². The first kappa shape index (κ1) is 16.4. The summed E-state index contributed by atoms with van der Waals surface area (Å²) in [5.74, 6) is 0.710. The molecule has 1 rings (SSSR count). The van der Waals surface area contributed by atoms with Crippen LogP contribution in [-0.2, 0) is 9.53 Å². The van der Waals surface area contributed by atoms with Crippen LogP contribution in [0.4, 0.5) is 0 Å². The number of nitrogens with two attached hydrogens (primary N) is 1. The Morgan fingerprint density at radius 2 is 2.16 bits per heavy atom. The minimum absolute atomic E-state index is 0.0740. The number of carbonyl (C=O) groups excluding carboxylic acids is 1. The van der Waals surface area contributed by atoms with Crippen molar-refractivity contribution in [2.24, 2.45) is 11.7 Å². The van der Waals surface area contributed by atoms with Gasteiger partial charge in [-0.2, -0.15) is 0 Å². The Morgan fingerprint density at radius 3 is 2.68 bits per heavy atom. The molecule has 1 fully saturated rings. The van der Waals surface area contributed by atoms with Gasteiger partial charge in [0.05, 0.1) is 6.10 Å². The Kier molecular flexibility index (Phi) is 8.02. The molecule has 1 aliphatic heterocycles. The minimum Gasteiger partial charge on any atom is -0.377 e. The first-order chi connectivity index (χ1) is 9.15. The van der Waals surface area contributed by atoms with Gasteiger partial charge in [0, 0.05) is 33.2 Å². The van der Waals surface area contributed by atoms with Crippen LogP contribution < -0.4 is 11.1 Å². The van der Waals surface area contributed by atoms with Gasteiger partial charge in [0.15, 0.2) is 0 Å². The number of amides is 1. The van der Waals surface area contributed by atoms with Gasteiger partial charge in [0.25, 0.3) is 0 Å². The molecule has 5 nitrogen and oxygen atoms in total. The molecule has 0 aromatic rings. The fourth-order valence-corrected chi connectivity index (χ4v) is 2.53. The van der Waals surface area contributed by atoms with Crippen LogP contribution in [0, 0.1) is 5.92 Å². The first-order valence-electron chi connectivity index (χ1n) is 7.44. The summed E-state index contributed by atoms with van der Waals surface area (Å²) in [4.78, 5) is 13.4. The van der Waals surface area contributed by atoms with Crippen LogP contribution in [0.15, 0.2) is 0 Å². The van der Waals surface area contributed by atoms with E-state index in [2.05, 4.69) is 10.2 Å². The fraction of sp³-hybridized carbons (Fsp3) is 0.929. The molecule has 1 unspecified atom stereocenters. The highest BCUT2D eigenvalue weighted by Gasteiger charge is 2.19. The molecular formula is C14H29N3O2. The number of rotatable bonds is 8. The Balaban J connectivity index is 2.14. The predicted octanol–water partition coefficient (Wildman–Crippen LogP) is 0.588. The van der Waals surface area contributed by atoms with Gasteiger partial charge in [-0.1, -0.05) is 0 Å². The maximum atomic E-state index is 10.9. The lowest BCUT2D eigenvalue weighted by Crippen LogP contribution is -2.40. The molecule has 0 aromatic carbocycles. The zero-order valence-corrected chi connectivity index (χ0v) is 12.4. The lowest BCUT2D eigenvalue weighted by Gasteiger charge is -2.32. The van der Waals surface area contributed by atoms with Crippen LogP contribution in [0.3, 0.4) is 0 Å². The van der Waals surface area contributed by atoms with Crippen molar-refractivity contribution in [2.45, 2.75) is 39.2 Å². The van der Waals surface area contributed by atoms with Gasteiger partial charge < -0.3 is 20.7 Å². The average Bonchev–Trinajstić information content (AvgIpc) is 2.42. The largest absolute Gasteiger partial charge is 0.377 e. The Hall–Kier alpha value is -0.650. The van der Waals surface area contributed by atoms with Crippen LogP contribution in [0.25, 0.3) is 0 Å². The molecule has 0 saturated carbocycles. The maximum absolute atomic E-state index is 10.9. The highest BCUT2D eigenvalue weighted by Crippen LogP contribution is 2.16. The second-order valence-corrected chi connectivity index (χ2v) is 5.32. The van der Waals surface area contributed by atoms with Gasteiger partial charge in [-0.3, -0.25) is 4.79 Å². The summed E-state index contributed by atoms with van der Waals surface area (Å²) >= 11 is 0. The van der Waals surface area contributed by atoms with E-state index in [1.807, 2.05) is 6.92 Å². The van der Waals surface area contributed by atoms with E-state index < -0.39 is 0 Å². The van der Waals surface area contributed by atoms with Crippen LogP contribution >= 0.6 is 0 Å². The van der Waals surface area contributed by atoms with E-state index in [-0.39, 0.29) is 12.0 Å². The second-order valence-electron chi connectivity index (χ2n) is 5.32. The highest BCUT2D eigenvalue weighted by molar-refractivity contribution is 5.72. The summed E-state index contributed by atoms with van der Waals surface area (Å²) in [5.41, 5.74) is 5.68. The highest BCUT2D eigenvalue weighted by atomic mass is 16.5. The lowest BCUT2D eigenvalue weighted by molar-refractivity contribution is -0.119. The average molecular weight is 271 g/mol. The molecule has 1 saturated heterocycles. The third-order valence-corrected chi connectivity index (χ3v) is 3.78. The van der Waals surface area contributed by atoms with Crippen LogP contribution in [0.5, 0.6) is 0 Å². The standard InChI is InChI=1S/C14H29N3O2/c1-3-19-14(10-15)6-9-17-7-4-13(5-8-17)11-16-12(2)18/h13-14H,3-11,15H2,1-2H3,(H,16,18). The number of piperidine rings is 1. The molecule has 0 radical (unpaired) electrons. The zero-order chi connectivity index (χ0) is 14.1. The van der Waals surface area contributed by atoms with Crippen LogP contribution in [0.1, 0.15) is 33.1 Å². The monoisotopic (exact) mass is 271 g/mol. The molecule has 0 aliphatic carbocycles. The first-order valence-corrected chi connectivity index (χ1v) is 7.44. The smallest absolute Gasteiger partial charge is 0.216 e. The number of carbonyl (C=O) groups is 1. The molecule has 1 heterocycles. The van der Waals surface area contributed by atoms with Gasteiger partial charge in [-0.15, -0.1) is 0 Å². The quantitative estimate of drug-likeness (QED) is 0.678. The molecule has 1 amide bonds. The minimum atomic E-state index is 0.0740. The van der Waals surface area contributed by atoms with Gasteiger partial charge in [0.2, 0.25) is 5.91 Å². The van der Waals surface area contributed by atoms with Crippen molar-refractivity contribution >= 4 is 5.91 Å². The molecule has 1 aliphatic rings. The van der Waals surface area contributed by atoms with Crippen molar-refractivity contribution in [1.82, 2.24) is 10.2 Å². The van der Waals surface area contributed by atoms with Gasteiger partial charge >= 0.3 is 0 Å². The number of nitrogens with one attached hydrogen (secondary N) is 1. The van der Waals surface area contributed by atoms with E-state index in [1.165, 1.54) is 12.8 Å². The Bertz CT molecular complexity index is 253. The fourth-order valence-electron chi connectivity index (χ4n) is 2.53. The molecule has 5 heteroatoms. The maximum Gasteiger partial charge on any atom is 0.216 e. The molecule has 3 N–H and O–H groups in total. The van der Waals surface area contributed by atoms with E-state index in [0.29, 0.717) is 12.5 Å². The van der Waals surface area contributed by atoms with E-state index >= 15 is 0 Å². The van der Waals surface area contributed by atoms with Crippen molar-refractivity contribution in [2.75, 3.05) is 39.3 Å². The number of hydrogen-bond donors (Lipinski definition) is 2. The van der Waals surface area contributed by atoms with Crippen molar-refractivity contribution in [1.29, 1.82) is 0 Å². The second kappa shape index (κ2) is 9.28. The third-order valence-electron chi connectivity index (χ3n) is 3.78. The Labute approximate surface area is 116 Å². The molecule has 0 bridgehead atoms. The third kappa shape index (κ3) is 6.89. The van der Waals surface area contributed by atoms with Gasteiger partial charge in [-0.05, 0) is 45.2 Å². The van der Waals surface area contributed by atoms with Gasteiger partial charge in [0.1, 0.15) is 0 Å². The summed E-state index contributed by atoms with van der Waals surface area (Å²) in [6.07, 6.45) is 3.55. The van der Waals surface area contributed by atoms with Crippen LogP contribution in [-0.4, -0.2) is 56.2 Å². The lowest BCUT2D eigenvalue weighted by atomic mass is 9.96. The summed E-state index contributed by atoms with van der Waals surface area (Å²) in [5, 5.41) is 2.91. The van der Waals surface area contributed by atoms with E-state index in [4.69, 9.17) is 10.5 Å². The normalized spacial score (nSPS) is 19.3.